The van der Waals surface area contributed by atoms with E-state index in [4.69, 9.17) is 0 Å². The Morgan fingerprint density at radius 2 is 2.00 bits per heavy atom. The van der Waals surface area contributed by atoms with E-state index in [1.54, 1.807) is 6.08 Å². The lowest BCUT2D eigenvalue weighted by atomic mass is 10.1. The highest BCUT2D eigenvalue weighted by atomic mass is 16.3. The lowest BCUT2D eigenvalue weighted by Gasteiger charge is -2.12. The minimum absolute atomic E-state index is 0.188. The molecule has 2 unspecified atom stereocenters. The minimum atomic E-state index is -0.832. The molecule has 2 atom stereocenters. The molecular weight excluding hydrogens is 230 g/mol. The van der Waals surface area contributed by atoms with Crippen molar-refractivity contribution >= 4 is 12.0 Å². The molecule has 1 aromatic carbocycles. The minimum Gasteiger partial charge on any atom is -0.388 e. The van der Waals surface area contributed by atoms with E-state index in [2.05, 4.69) is 0 Å². The van der Waals surface area contributed by atoms with Crippen molar-refractivity contribution in [1.29, 1.82) is 0 Å². The molecule has 4 heteroatoms. The van der Waals surface area contributed by atoms with Gasteiger partial charge in [0.05, 0.1) is 12.2 Å². The van der Waals surface area contributed by atoms with E-state index in [0.717, 1.165) is 11.1 Å². The van der Waals surface area contributed by atoms with Crippen molar-refractivity contribution in [3.8, 4) is 0 Å². The molecule has 4 nitrogen and oxygen atoms in total. The van der Waals surface area contributed by atoms with Crippen LogP contribution in [0.1, 0.15) is 11.1 Å². The van der Waals surface area contributed by atoms with Crippen molar-refractivity contribution in [3.63, 3.8) is 0 Å². The van der Waals surface area contributed by atoms with Gasteiger partial charge in [-0.2, -0.15) is 0 Å². The third-order valence-electron chi connectivity index (χ3n) is 3.03. The van der Waals surface area contributed by atoms with Gasteiger partial charge < -0.3 is 15.1 Å². The fourth-order valence-corrected chi connectivity index (χ4v) is 2.00. The Morgan fingerprint density at radius 3 is 2.61 bits per heavy atom. The van der Waals surface area contributed by atoms with Crippen molar-refractivity contribution in [3.05, 3.63) is 41.5 Å². The number of hydrogen-bond acceptors (Lipinski definition) is 3. The number of β-amino-alcohol motifs (C(OH)–C–C–N with tert-alkyl or cyclic N) is 2. The molecule has 2 rings (SSSR count). The first-order valence-electron chi connectivity index (χ1n) is 5.96. The summed E-state index contributed by atoms with van der Waals surface area (Å²) in [4.78, 5) is 13.3. The van der Waals surface area contributed by atoms with Gasteiger partial charge in [-0.15, -0.1) is 0 Å². The van der Waals surface area contributed by atoms with Gasteiger partial charge in [-0.1, -0.05) is 29.8 Å². The van der Waals surface area contributed by atoms with Crippen LogP contribution in [0.2, 0.25) is 0 Å². The number of aliphatic hydroxyl groups excluding tert-OH is 2. The van der Waals surface area contributed by atoms with Crippen molar-refractivity contribution in [2.75, 3.05) is 13.1 Å². The summed E-state index contributed by atoms with van der Waals surface area (Å²) >= 11 is 0. The maximum absolute atomic E-state index is 11.8. The molecule has 1 aliphatic rings. The molecule has 0 aromatic heterocycles. The SMILES string of the molecule is Cc1cccc(/C=C/C(=O)N2CC(O)C(O)C2)c1. The van der Waals surface area contributed by atoms with Crippen LogP contribution in [0.3, 0.4) is 0 Å². The zero-order valence-corrected chi connectivity index (χ0v) is 10.3. The molecule has 0 saturated carbocycles. The largest absolute Gasteiger partial charge is 0.388 e. The summed E-state index contributed by atoms with van der Waals surface area (Å²) in [5.74, 6) is -0.188. The Bertz CT molecular complexity index is 460. The first-order valence-corrected chi connectivity index (χ1v) is 5.96. The Morgan fingerprint density at radius 1 is 1.33 bits per heavy atom. The van der Waals surface area contributed by atoms with Crippen LogP contribution in [0.4, 0.5) is 0 Å². The van der Waals surface area contributed by atoms with Crippen molar-refractivity contribution < 1.29 is 15.0 Å². The maximum atomic E-state index is 11.8. The molecule has 1 aliphatic heterocycles. The number of likely N-dealkylation sites (tertiary alicyclic amines) is 1. The van der Waals surface area contributed by atoms with Gasteiger partial charge in [-0.25, -0.2) is 0 Å². The van der Waals surface area contributed by atoms with E-state index in [1.165, 1.54) is 11.0 Å². The van der Waals surface area contributed by atoms with Crippen LogP contribution >= 0.6 is 0 Å². The molecule has 1 fully saturated rings. The van der Waals surface area contributed by atoms with E-state index < -0.39 is 12.2 Å². The van der Waals surface area contributed by atoms with Gasteiger partial charge in [0.2, 0.25) is 5.91 Å². The average Bonchev–Trinajstić information content (AvgIpc) is 2.67. The fraction of sp³-hybridized carbons (Fsp3) is 0.357. The van der Waals surface area contributed by atoms with Crippen LogP contribution in [-0.2, 0) is 4.79 Å². The Hall–Kier alpha value is -1.65. The van der Waals surface area contributed by atoms with Gasteiger partial charge in [0.15, 0.2) is 0 Å². The van der Waals surface area contributed by atoms with Crippen LogP contribution in [0, 0.1) is 6.92 Å². The number of carbonyl (C=O) groups excluding carboxylic acids is 1. The fourth-order valence-electron chi connectivity index (χ4n) is 2.00. The molecule has 0 spiro atoms. The van der Waals surface area contributed by atoms with E-state index in [-0.39, 0.29) is 19.0 Å². The Labute approximate surface area is 106 Å². The van der Waals surface area contributed by atoms with Gasteiger partial charge in [0, 0.05) is 19.2 Å². The molecule has 1 amide bonds. The predicted octanol–water partition coefficient (Wildman–Crippen LogP) is 0.572. The molecule has 0 bridgehead atoms. The highest BCUT2D eigenvalue weighted by molar-refractivity contribution is 5.92. The number of aliphatic hydroxyl groups is 2. The molecule has 1 aromatic rings. The number of carbonyl (C=O) groups is 1. The van der Waals surface area contributed by atoms with E-state index >= 15 is 0 Å². The van der Waals surface area contributed by atoms with Crippen LogP contribution in [-0.4, -0.2) is 46.3 Å². The Kier molecular flexibility index (Phi) is 3.79. The standard InChI is InChI=1S/C14H17NO3/c1-10-3-2-4-11(7-10)5-6-14(18)15-8-12(16)13(17)9-15/h2-7,12-13,16-17H,8-9H2,1H3/b6-5+. The van der Waals surface area contributed by atoms with E-state index in [1.807, 2.05) is 31.2 Å². The van der Waals surface area contributed by atoms with Crippen LogP contribution in [0.5, 0.6) is 0 Å². The van der Waals surface area contributed by atoms with Gasteiger partial charge in [0.25, 0.3) is 0 Å². The summed E-state index contributed by atoms with van der Waals surface area (Å²) in [5.41, 5.74) is 2.10. The van der Waals surface area contributed by atoms with E-state index in [0.29, 0.717) is 0 Å². The summed E-state index contributed by atoms with van der Waals surface area (Å²) in [7, 11) is 0. The number of rotatable bonds is 2. The molecule has 0 aliphatic carbocycles. The quantitative estimate of drug-likeness (QED) is 0.751. The summed E-state index contributed by atoms with van der Waals surface area (Å²) in [6.45, 7) is 2.38. The number of benzene rings is 1. The molecule has 1 heterocycles. The summed E-state index contributed by atoms with van der Waals surface area (Å²) in [6.07, 6.45) is 1.55. The predicted molar refractivity (Wildman–Crippen MR) is 68.8 cm³/mol. The molecular formula is C14H17NO3. The summed E-state index contributed by atoms with van der Waals surface area (Å²) < 4.78 is 0. The second kappa shape index (κ2) is 5.33. The maximum Gasteiger partial charge on any atom is 0.246 e. The number of amides is 1. The highest BCUT2D eigenvalue weighted by Crippen LogP contribution is 2.11. The third-order valence-corrected chi connectivity index (χ3v) is 3.03. The molecule has 96 valence electrons. The first-order chi connectivity index (χ1) is 8.56. The van der Waals surface area contributed by atoms with Gasteiger partial charge in [-0.05, 0) is 18.6 Å². The lowest BCUT2D eigenvalue weighted by molar-refractivity contribution is -0.125. The van der Waals surface area contributed by atoms with Crippen molar-refractivity contribution in [2.45, 2.75) is 19.1 Å². The van der Waals surface area contributed by atoms with Crippen molar-refractivity contribution in [2.24, 2.45) is 0 Å². The normalized spacial score (nSPS) is 23.8. The number of nitrogens with zero attached hydrogens (tertiary/aromatic N) is 1. The second-order valence-electron chi connectivity index (χ2n) is 4.63. The van der Waals surface area contributed by atoms with Gasteiger partial charge >= 0.3 is 0 Å². The number of aryl methyl sites for hydroxylation is 1. The first kappa shape index (κ1) is 12.8. The van der Waals surface area contributed by atoms with Crippen LogP contribution < -0.4 is 0 Å². The van der Waals surface area contributed by atoms with Crippen molar-refractivity contribution in [1.82, 2.24) is 4.90 Å². The van der Waals surface area contributed by atoms with Crippen LogP contribution in [0.15, 0.2) is 30.3 Å². The molecule has 18 heavy (non-hydrogen) atoms. The topological polar surface area (TPSA) is 60.8 Å². The summed E-state index contributed by atoms with van der Waals surface area (Å²) in [5, 5.41) is 18.7. The lowest BCUT2D eigenvalue weighted by Crippen LogP contribution is -2.27. The van der Waals surface area contributed by atoms with Crippen LogP contribution in [0.25, 0.3) is 6.08 Å². The monoisotopic (exact) mass is 247 g/mol. The zero-order valence-electron chi connectivity index (χ0n) is 10.3. The second-order valence-corrected chi connectivity index (χ2v) is 4.63. The molecule has 0 radical (unpaired) electrons. The zero-order chi connectivity index (χ0) is 13.1. The average molecular weight is 247 g/mol. The van der Waals surface area contributed by atoms with E-state index in [9.17, 15) is 15.0 Å². The number of hydrogen-bond donors (Lipinski definition) is 2. The van der Waals surface area contributed by atoms with Gasteiger partial charge in [-0.3, -0.25) is 4.79 Å². The molecule has 1 saturated heterocycles. The summed E-state index contributed by atoms with van der Waals surface area (Å²) in [6, 6.07) is 7.83. The highest BCUT2D eigenvalue weighted by Gasteiger charge is 2.31. The molecule has 2 N–H and O–H groups in total. The third kappa shape index (κ3) is 2.97. The smallest absolute Gasteiger partial charge is 0.246 e. The van der Waals surface area contributed by atoms with Gasteiger partial charge in [0.1, 0.15) is 0 Å². The Balaban J connectivity index is 1.99.